The first kappa shape index (κ1) is 17.9. The second-order valence-corrected chi connectivity index (χ2v) is 8.76. The average molecular weight is 364 g/mol. The van der Waals surface area contributed by atoms with Crippen molar-refractivity contribution in [2.75, 3.05) is 25.1 Å². The summed E-state index contributed by atoms with van der Waals surface area (Å²) in [4.78, 5) is 14.0. The van der Waals surface area contributed by atoms with E-state index in [0.717, 1.165) is 23.1 Å². The maximum absolute atomic E-state index is 12.2. The molecule has 1 saturated heterocycles. The number of carbonyl (C=O) groups is 1. The molecule has 0 saturated carbocycles. The molecular weight excluding hydrogens is 340 g/mol. The molecule has 25 heavy (non-hydrogen) atoms. The van der Waals surface area contributed by atoms with E-state index in [9.17, 15) is 13.2 Å². The van der Waals surface area contributed by atoms with Crippen LogP contribution in [0.5, 0.6) is 0 Å². The minimum Gasteiger partial charge on any atom is -0.349 e. The van der Waals surface area contributed by atoms with E-state index in [1.54, 1.807) is 7.05 Å². The summed E-state index contributed by atoms with van der Waals surface area (Å²) in [5.41, 5.74) is 1.90. The Balaban J connectivity index is 1.59. The molecule has 0 aliphatic carbocycles. The van der Waals surface area contributed by atoms with Crippen LogP contribution in [0.1, 0.15) is 19.0 Å². The molecule has 1 atom stereocenters. The third-order valence-corrected chi connectivity index (χ3v) is 6.46. The van der Waals surface area contributed by atoms with Crippen LogP contribution in [0, 0.1) is 0 Å². The molecule has 1 unspecified atom stereocenters. The summed E-state index contributed by atoms with van der Waals surface area (Å²) in [7, 11) is -1.14. The standard InChI is InChI=1S/C17H24N4O3S/c1-3-21-16-7-5-4-6-14(16)15(19-21)10-18-17(22)11-20(2)13-8-9-25(23,24)12-13/h4-7,13H,3,8-12H2,1-2H3,(H,18,22). The van der Waals surface area contributed by atoms with Gasteiger partial charge in [-0.2, -0.15) is 5.10 Å². The minimum absolute atomic E-state index is 0.0733. The Labute approximate surface area is 147 Å². The van der Waals surface area contributed by atoms with Crippen LogP contribution in [0.3, 0.4) is 0 Å². The molecule has 1 aromatic heterocycles. The van der Waals surface area contributed by atoms with Gasteiger partial charge in [0.1, 0.15) is 0 Å². The normalized spacial score (nSPS) is 19.6. The van der Waals surface area contributed by atoms with Crippen molar-refractivity contribution in [1.29, 1.82) is 0 Å². The highest BCUT2D eigenvalue weighted by atomic mass is 32.2. The van der Waals surface area contributed by atoms with Gasteiger partial charge in [0.25, 0.3) is 0 Å². The summed E-state index contributed by atoms with van der Waals surface area (Å²) in [5, 5.41) is 8.50. The summed E-state index contributed by atoms with van der Waals surface area (Å²) in [6, 6.07) is 7.89. The zero-order chi connectivity index (χ0) is 18.0. The van der Waals surface area contributed by atoms with Crippen molar-refractivity contribution in [2.24, 2.45) is 0 Å². The van der Waals surface area contributed by atoms with Crippen LogP contribution in [0.4, 0.5) is 0 Å². The number of hydrogen-bond acceptors (Lipinski definition) is 5. The molecule has 1 aliphatic heterocycles. The number of benzene rings is 1. The van der Waals surface area contributed by atoms with Gasteiger partial charge in [0.2, 0.25) is 5.91 Å². The second-order valence-electron chi connectivity index (χ2n) is 6.53. The third-order valence-electron chi connectivity index (χ3n) is 4.71. The molecule has 0 spiro atoms. The zero-order valence-corrected chi connectivity index (χ0v) is 15.4. The van der Waals surface area contributed by atoms with Crippen molar-refractivity contribution < 1.29 is 13.2 Å². The number of para-hydroxylation sites is 1. The highest BCUT2D eigenvalue weighted by molar-refractivity contribution is 7.91. The van der Waals surface area contributed by atoms with Crippen LogP contribution in [0.15, 0.2) is 24.3 Å². The van der Waals surface area contributed by atoms with E-state index < -0.39 is 9.84 Å². The Morgan fingerprint density at radius 2 is 2.16 bits per heavy atom. The largest absolute Gasteiger partial charge is 0.349 e. The van der Waals surface area contributed by atoms with Crippen LogP contribution < -0.4 is 5.32 Å². The number of carbonyl (C=O) groups excluding carboxylic acids is 1. The molecule has 0 radical (unpaired) electrons. The number of aromatic nitrogens is 2. The monoisotopic (exact) mass is 364 g/mol. The van der Waals surface area contributed by atoms with Crippen LogP contribution in [-0.4, -0.2) is 60.1 Å². The minimum atomic E-state index is -2.94. The first-order valence-corrected chi connectivity index (χ1v) is 10.3. The number of likely N-dealkylation sites (N-methyl/N-ethyl adjacent to an activating group) is 1. The summed E-state index contributed by atoms with van der Waals surface area (Å²) in [6.07, 6.45) is 0.595. The van der Waals surface area contributed by atoms with Gasteiger partial charge in [-0.1, -0.05) is 18.2 Å². The van der Waals surface area contributed by atoms with Gasteiger partial charge in [-0.3, -0.25) is 14.4 Å². The van der Waals surface area contributed by atoms with Crippen molar-refractivity contribution in [2.45, 2.75) is 32.5 Å². The van der Waals surface area contributed by atoms with E-state index in [0.29, 0.717) is 13.0 Å². The number of nitrogens with zero attached hydrogens (tertiary/aromatic N) is 3. The Kier molecular flexibility index (Phi) is 5.10. The Morgan fingerprint density at radius 1 is 1.40 bits per heavy atom. The van der Waals surface area contributed by atoms with Gasteiger partial charge < -0.3 is 5.32 Å². The van der Waals surface area contributed by atoms with E-state index in [1.807, 2.05) is 40.8 Å². The Hall–Kier alpha value is -1.93. The third kappa shape index (κ3) is 4.01. The lowest BCUT2D eigenvalue weighted by molar-refractivity contribution is -0.122. The lowest BCUT2D eigenvalue weighted by Crippen LogP contribution is -2.41. The molecule has 3 rings (SSSR count). The average Bonchev–Trinajstić information content (AvgIpc) is 3.13. The van der Waals surface area contributed by atoms with Crippen LogP contribution in [0.25, 0.3) is 10.9 Å². The molecule has 136 valence electrons. The smallest absolute Gasteiger partial charge is 0.234 e. The number of hydrogen-bond donors (Lipinski definition) is 1. The van der Waals surface area contributed by atoms with Crippen molar-refractivity contribution >= 4 is 26.6 Å². The fourth-order valence-electron chi connectivity index (χ4n) is 3.28. The fourth-order valence-corrected chi connectivity index (χ4v) is 5.09. The highest BCUT2D eigenvalue weighted by Gasteiger charge is 2.31. The maximum Gasteiger partial charge on any atom is 0.234 e. The Morgan fingerprint density at radius 3 is 2.84 bits per heavy atom. The highest BCUT2D eigenvalue weighted by Crippen LogP contribution is 2.18. The lowest BCUT2D eigenvalue weighted by atomic mass is 10.2. The number of sulfone groups is 1. The van der Waals surface area contributed by atoms with E-state index in [4.69, 9.17) is 0 Å². The molecule has 7 nitrogen and oxygen atoms in total. The molecule has 1 fully saturated rings. The molecule has 0 bridgehead atoms. The van der Waals surface area contributed by atoms with Gasteiger partial charge >= 0.3 is 0 Å². The van der Waals surface area contributed by atoms with Gasteiger partial charge in [-0.05, 0) is 26.5 Å². The second kappa shape index (κ2) is 7.13. The van der Waals surface area contributed by atoms with Crippen LogP contribution in [-0.2, 0) is 27.7 Å². The molecule has 2 heterocycles. The predicted octanol–water partition coefficient (Wildman–Crippen LogP) is 0.791. The van der Waals surface area contributed by atoms with Gasteiger partial charge in [-0.25, -0.2) is 8.42 Å². The first-order valence-electron chi connectivity index (χ1n) is 8.51. The number of fused-ring (bicyclic) bond motifs is 1. The number of aryl methyl sites for hydroxylation is 1. The summed E-state index contributed by atoms with van der Waals surface area (Å²) >= 11 is 0. The molecule has 8 heteroatoms. The van der Waals surface area contributed by atoms with E-state index >= 15 is 0 Å². The van der Waals surface area contributed by atoms with E-state index in [-0.39, 0.29) is 30.0 Å². The molecular formula is C17H24N4O3S. The molecule has 1 aromatic carbocycles. The van der Waals surface area contributed by atoms with Gasteiger partial charge in [-0.15, -0.1) is 0 Å². The topological polar surface area (TPSA) is 84.3 Å². The van der Waals surface area contributed by atoms with E-state index in [2.05, 4.69) is 10.4 Å². The van der Waals surface area contributed by atoms with E-state index in [1.165, 1.54) is 0 Å². The van der Waals surface area contributed by atoms with Crippen molar-refractivity contribution in [1.82, 2.24) is 20.0 Å². The first-order chi connectivity index (χ1) is 11.9. The zero-order valence-electron chi connectivity index (χ0n) is 14.6. The number of amides is 1. The number of rotatable bonds is 6. The van der Waals surface area contributed by atoms with Gasteiger partial charge in [0.05, 0.1) is 35.8 Å². The lowest BCUT2D eigenvalue weighted by Gasteiger charge is -2.22. The number of nitrogens with one attached hydrogen (secondary N) is 1. The molecule has 1 N–H and O–H groups in total. The van der Waals surface area contributed by atoms with Crippen LogP contribution >= 0.6 is 0 Å². The van der Waals surface area contributed by atoms with Crippen molar-refractivity contribution in [3.63, 3.8) is 0 Å². The molecule has 2 aromatic rings. The predicted molar refractivity (Wildman–Crippen MR) is 96.9 cm³/mol. The van der Waals surface area contributed by atoms with Crippen molar-refractivity contribution in [3.8, 4) is 0 Å². The van der Waals surface area contributed by atoms with Crippen molar-refractivity contribution in [3.05, 3.63) is 30.0 Å². The summed E-state index contributed by atoms with van der Waals surface area (Å²) in [5.74, 6) is 0.230. The summed E-state index contributed by atoms with van der Waals surface area (Å²) in [6.45, 7) is 3.36. The van der Waals surface area contributed by atoms with Gasteiger partial charge in [0.15, 0.2) is 9.84 Å². The quantitative estimate of drug-likeness (QED) is 0.819. The Bertz CT molecular complexity index is 875. The molecule has 1 aliphatic rings. The van der Waals surface area contributed by atoms with Crippen LogP contribution in [0.2, 0.25) is 0 Å². The SMILES string of the molecule is CCn1nc(CNC(=O)CN(C)C2CCS(=O)(=O)C2)c2ccccc21. The molecule has 1 amide bonds. The summed E-state index contributed by atoms with van der Waals surface area (Å²) < 4.78 is 25.0. The maximum atomic E-state index is 12.2. The van der Waals surface area contributed by atoms with Gasteiger partial charge in [0, 0.05) is 18.0 Å². The fraction of sp³-hybridized carbons (Fsp3) is 0.529.